The summed E-state index contributed by atoms with van der Waals surface area (Å²) in [5.41, 5.74) is 10.2. The zero-order valence-corrected chi connectivity index (χ0v) is 28.7. The number of rotatable bonds is 5. The quantitative estimate of drug-likeness (QED) is 0.178. The van der Waals surface area contributed by atoms with Gasteiger partial charge < -0.3 is 4.42 Å². The van der Waals surface area contributed by atoms with Crippen LogP contribution in [0.3, 0.4) is 0 Å². The van der Waals surface area contributed by atoms with Crippen molar-refractivity contribution in [2.24, 2.45) is 0 Å². The van der Waals surface area contributed by atoms with Crippen LogP contribution in [0.25, 0.3) is 67.2 Å². The van der Waals surface area contributed by atoms with E-state index in [0.29, 0.717) is 45.3 Å². The maximum Gasteiger partial charge on any atom is 0.165 e. The molecule has 0 unspecified atom stereocenters. The van der Waals surface area contributed by atoms with E-state index >= 15 is 0 Å². The first-order valence-electron chi connectivity index (χ1n) is 17.6. The Kier molecular flexibility index (Phi) is 7.05. The molecule has 54 heavy (non-hydrogen) atoms. The molecule has 6 heteroatoms. The van der Waals surface area contributed by atoms with Crippen molar-refractivity contribution in [3.8, 4) is 57.4 Å². The lowest BCUT2D eigenvalue weighted by Gasteiger charge is -2.33. The van der Waals surface area contributed by atoms with Crippen LogP contribution >= 0.6 is 0 Å². The van der Waals surface area contributed by atoms with Gasteiger partial charge in [-0.25, -0.2) is 15.0 Å². The smallest absolute Gasteiger partial charge is 0.165 e. The third-order valence-corrected chi connectivity index (χ3v) is 10.5. The Morgan fingerprint density at radius 2 is 1.06 bits per heavy atom. The van der Waals surface area contributed by atoms with Crippen molar-refractivity contribution in [3.05, 3.63) is 197 Å². The Morgan fingerprint density at radius 3 is 1.63 bits per heavy atom. The molecule has 0 bridgehead atoms. The summed E-state index contributed by atoms with van der Waals surface area (Å²) in [4.78, 5) is 14.7. The molecular weight excluding hydrogens is 663 g/mol. The van der Waals surface area contributed by atoms with Gasteiger partial charge in [0.15, 0.2) is 17.5 Å². The average Bonchev–Trinajstić information content (AvgIpc) is 3.76. The lowest BCUT2D eigenvalue weighted by atomic mass is 9.67. The molecule has 0 radical (unpaired) electrons. The topological polar surface area (TPSA) is 99.4 Å². The van der Waals surface area contributed by atoms with E-state index in [2.05, 4.69) is 72.8 Å². The van der Waals surface area contributed by atoms with Crippen molar-refractivity contribution in [2.75, 3.05) is 0 Å². The fraction of sp³-hybridized carbons (Fsp3) is 0.0208. The molecule has 1 aliphatic carbocycles. The van der Waals surface area contributed by atoms with E-state index in [1.165, 1.54) is 0 Å². The van der Waals surface area contributed by atoms with Crippen LogP contribution < -0.4 is 0 Å². The van der Waals surface area contributed by atoms with Crippen LogP contribution in [0.5, 0.6) is 0 Å². The van der Waals surface area contributed by atoms with E-state index in [0.717, 1.165) is 55.3 Å². The lowest BCUT2D eigenvalue weighted by Crippen LogP contribution is -2.28. The molecule has 0 saturated carbocycles. The van der Waals surface area contributed by atoms with Crippen LogP contribution in [0.1, 0.15) is 33.4 Å². The van der Waals surface area contributed by atoms with E-state index in [4.69, 9.17) is 19.4 Å². The molecule has 0 atom stereocenters. The van der Waals surface area contributed by atoms with Crippen molar-refractivity contribution in [1.82, 2.24) is 15.0 Å². The van der Waals surface area contributed by atoms with Crippen molar-refractivity contribution in [1.29, 1.82) is 10.5 Å². The van der Waals surface area contributed by atoms with Crippen molar-refractivity contribution < 1.29 is 4.42 Å². The Balaban J connectivity index is 1.26. The summed E-state index contributed by atoms with van der Waals surface area (Å²) in [5, 5.41) is 22.6. The minimum Gasteiger partial charge on any atom is -0.456 e. The highest BCUT2D eigenvalue weighted by Gasteiger charge is 2.47. The molecule has 7 aromatic carbocycles. The highest BCUT2D eigenvalue weighted by Crippen LogP contribution is 2.59. The van der Waals surface area contributed by atoms with E-state index in [1.807, 2.05) is 103 Å². The minimum atomic E-state index is -0.706. The fourth-order valence-electron chi connectivity index (χ4n) is 8.17. The Labute approximate surface area is 310 Å². The van der Waals surface area contributed by atoms with Gasteiger partial charge in [-0.05, 0) is 63.7 Å². The molecule has 0 aliphatic heterocycles. The number of benzene rings is 7. The summed E-state index contributed by atoms with van der Waals surface area (Å²) in [6.07, 6.45) is 0. The summed E-state index contributed by atoms with van der Waals surface area (Å²) >= 11 is 0. The number of hydrogen-bond acceptors (Lipinski definition) is 6. The zero-order valence-electron chi connectivity index (χ0n) is 28.7. The van der Waals surface area contributed by atoms with Gasteiger partial charge in [0.2, 0.25) is 0 Å². The molecule has 1 aliphatic rings. The van der Waals surface area contributed by atoms with Gasteiger partial charge in [0.1, 0.15) is 11.2 Å². The first-order chi connectivity index (χ1) is 26.7. The van der Waals surface area contributed by atoms with E-state index in [1.54, 1.807) is 0 Å². The summed E-state index contributed by atoms with van der Waals surface area (Å²) in [6, 6.07) is 59.2. The van der Waals surface area contributed by atoms with Gasteiger partial charge in [0.05, 0.1) is 28.7 Å². The molecule has 10 rings (SSSR count). The highest BCUT2D eigenvalue weighted by atomic mass is 16.3. The molecule has 0 fully saturated rings. The fourth-order valence-corrected chi connectivity index (χ4v) is 8.17. The highest BCUT2D eigenvalue weighted by molar-refractivity contribution is 6.16. The van der Waals surface area contributed by atoms with Crippen LogP contribution in [-0.4, -0.2) is 15.0 Å². The number of aromatic nitrogens is 3. The zero-order chi connectivity index (χ0) is 36.2. The lowest BCUT2D eigenvalue weighted by molar-refractivity contribution is 0.668. The second kappa shape index (κ2) is 12.2. The number of nitriles is 2. The molecule has 0 amide bonds. The SMILES string of the molecule is N#Cc1ccc2c(c1)C(c1ccccc1)(c1ccccc1)c1ccc3oc4cc(-c5nc(-c6ccccc6)nc(-c6ccccc6)n5)c(C#N)cc4c3c1-2. The van der Waals surface area contributed by atoms with Crippen LogP contribution in [0.2, 0.25) is 0 Å². The minimum absolute atomic E-state index is 0.383. The van der Waals surface area contributed by atoms with Gasteiger partial charge in [0.25, 0.3) is 0 Å². The molecule has 0 N–H and O–H groups in total. The monoisotopic (exact) mass is 689 g/mol. The maximum atomic E-state index is 10.7. The predicted octanol–water partition coefficient (Wildman–Crippen LogP) is 10.9. The van der Waals surface area contributed by atoms with Gasteiger partial charge in [-0.2, -0.15) is 10.5 Å². The Hall–Kier alpha value is -7.67. The Bertz CT molecular complexity index is 2900. The predicted molar refractivity (Wildman–Crippen MR) is 210 cm³/mol. The first-order valence-corrected chi connectivity index (χ1v) is 17.6. The molecule has 9 aromatic rings. The van der Waals surface area contributed by atoms with Gasteiger partial charge in [0, 0.05) is 27.5 Å². The van der Waals surface area contributed by atoms with Gasteiger partial charge in [-0.15, -0.1) is 0 Å². The molecule has 0 saturated heterocycles. The Morgan fingerprint density at radius 1 is 0.481 bits per heavy atom. The second-order valence-corrected chi connectivity index (χ2v) is 13.4. The van der Waals surface area contributed by atoms with Crippen LogP contribution in [0.15, 0.2) is 168 Å². The third kappa shape index (κ3) is 4.61. The standard InChI is InChI=1S/C48H27N5O/c49-28-30-21-22-36-40(25-30)48(34-17-9-3-10-18-34,35-19-11-4-12-20-35)39-23-24-41-44(43(36)39)38-26-33(29-50)37(27-42(38)54-41)47-52-45(31-13-5-1-6-14-31)51-46(53-47)32-15-7-2-8-16-32/h1-27H. The van der Waals surface area contributed by atoms with Crippen molar-refractivity contribution >= 4 is 21.9 Å². The molecule has 0 spiro atoms. The molecular formula is C48H27N5O. The summed E-state index contributed by atoms with van der Waals surface area (Å²) in [6.45, 7) is 0. The summed E-state index contributed by atoms with van der Waals surface area (Å²) in [5.74, 6) is 1.41. The van der Waals surface area contributed by atoms with E-state index in [-0.39, 0.29) is 0 Å². The number of hydrogen-bond donors (Lipinski definition) is 0. The van der Waals surface area contributed by atoms with Crippen LogP contribution in [0, 0.1) is 22.7 Å². The van der Waals surface area contributed by atoms with E-state index in [9.17, 15) is 10.5 Å². The summed E-state index contributed by atoms with van der Waals surface area (Å²) < 4.78 is 6.68. The van der Waals surface area contributed by atoms with Gasteiger partial charge >= 0.3 is 0 Å². The van der Waals surface area contributed by atoms with E-state index < -0.39 is 5.41 Å². The molecule has 6 nitrogen and oxygen atoms in total. The average molecular weight is 690 g/mol. The van der Waals surface area contributed by atoms with Gasteiger partial charge in [-0.3, -0.25) is 0 Å². The number of nitrogens with zero attached hydrogens (tertiary/aromatic N) is 5. The van der Waals surface area contributed by atoms with Crippen LogP contribution in [-0.2, 0) is 5.41 Å². The molecule has 2 heterocycles. The number of fused-ring (bicyclic) bond motifs is 7. The van der Waals surface area contributed by atoms with Crippen molar-refractivity contribution in [3.63, 3.8) is 0 Å². The number of furan rings is 1. The second-order valence-electron chi connectivity index (χ2n) is 13.4. The van der Waals surface area contributed by atoms with Crippen LogP contribution in [0.4, 0.5) is 0 Å². The summed E-state index contributed by atoms with van der Waals surface area (Å²) in [7, 11) is 0. The molecule has 250 valence electrons. The normalized spacial score (nSPS) is 12.6. The van der Waals surface area contributed by atoms with Crippen molar-refractivity contribution in [2.45, 2.75) is 5.41 Å². The van der Waals surface area contributed by atoms with Gasteiger partial charge in [-0.1, -0.05) is 133 Å². The largest absolute Gasteiger partial charge is 0.456 e. The third-order valence-electron chi connectivity index (χ3n) is 10.5. The maximum absolute atomic E-state index is 10.7. The first kappa shape index (κ1) is 31.1. The molecule has 2 aromatic heterocycles.